The van der Waals surface area contributed by atoms with Gasteiger partial charge >= 0.3 is 0 Å². The summed E-state index contributed by atoms with van der Waals surface area (Å²) in [6, 6.07) is 0. The number of halogens is 1. The van der Waals surface area contributed by atoms with E-state index in [1.807, 2.05) is 0 Å². The zero-order valence-corrected chi connectivity index (χ0v) is 16.9. The molecule has 0 saturated carbocycles. The van der Waals surface area contributed by atoms with Crippen molar-refractivity contribution in [3.05, 3.63) is 0 Å². The van der Waals surface area contributed by atoms with Crippen LogP contribution in [0.1, 0.15) is 71.1 Å². The lowest BCUT2D eigenvalue weighted by atomic mass is 10.1. The Morgan fingerprint density at radius 1 is 0.864 bits per heavy atom. The largest absolute Gasteiger partial charge is 1.00 e. The zero-order valence-electron chi connectivity index (χ0n) is 15.3. The predicted molar refractivity (Wildman–Crippen MR) is 89.4 cm³/mol. The van der Waals surface area contributed by atoms with E-state index >= 15 is 0 Å². The second-order valence-corrected chi connectivity index (χ2v) is 7.61. The third kappa shape index (κ3) is 11.9. The second-order valence-electron chi connectivity index (χ2n) is 7.61. The molecular weight excluding hydrogens is 342 g/mol. The van der Waals surface area contributed by atoms with Crippen LogP contribution in [0, 0.1) is 0 Å². The number of hydrogen-bond acceptors (Lipinski definition) is 2. The first kappa shape index (κ1) is 22.4. The predicted octanol–water partition coefficient (Wildman–Crippen LogP) is 1.36. The minimum absolute atomic E-state index is 0. The average Bonchev–Trinajstić information content (AvgIpc) is 2.82. The van der Waals surface area contributed by atoms with Crippen LogP contribution >= 0.6 is 0 Å². The number of unbranched alkanes of at least 4 members (excludes halogenated alkanes) is 8. The van der Waals surface area contributed by atoms with Crippen molar-refractivity contribution in [2.24, 2.45) is 0 Å². The fourth-order valence-electron chi connectivity index (χ4n) is 2.99. The normalized spacial score (nSPS) is 21.8. The van der Waals surface area contributed by atoms with Gasteiger partial charge in [0.2, 0.25) is 0 Å². The molecule has 2 unspecified atom stereocenters. The Labute approximate surface area is 149 Å². The third-order valence-corrected chi connectivity index (χ3v) is 4.11. The van der Waals surface area contributed by atoms with Gasteiger partial charge in [0, 0.05) is 0 Å². The van der Waals surface area contributed by atoms with E-state index in [0.717, 1.165) is 24.1 Å². The summed E-state index contributed by atoms with van der Waals surface area (Å²) in [6.45, 7) is 4.09. The average molecular weight is 380 g/mol. The Morgan fingerprint density at radius 3 is 1.95 bits per heavy atom. The van der Waals surface area contributed by atoms with Crippen LogP contribution in [0.5, 0.6) is 0 Å². The van der Waals surface area contributed by atoms with Gasteiger partial charge in [-0.2, -0.15) is 0 Å². The second kappa shape index (κ2) is 12.7. The Bertz CT molecular complexity index is 256. The number of quaternary nitrogens is 1. The van der Waals surface area contributed by atoms with Crippen LogP contribution in [0.2, 0.25) is 0 Å². The van der Waals surface area contributed by atoms with Crippen molar-refractivity contribution >= 4 is 0 Å². The molecule has 0 aromatic heterocycles. The van der Waals surface area contributed by atoms with E-state index in [1.54, 1.807) is 0 Å². The summed E-state index contributed by atoms with van der Waals surface area (Å²) >= 11 is 0. The Kier molecular flexibility index (Phi) is 13.0. The van der Waals surface area contributed by atoms with Crippen LogP contribution in [0.25, 0.3) is 0 Å². The maximum Gasteiger partial charge on any atom is 0.158 e. The van der Waals surface area contributed by atoms with Crippen molar-refractivity contribution in [3.8, 4) is 0 Å². The van der Waals surface area contributed by atoms with Crippen LogP contribution < -0.4 is 17.0 Å². The van der Waals surface area contributed by atoms with Crippen molar-refractivity contribution in [2.75, 3.05) is 34.3 Å². The van der Waals surface area contributed by atoms with Gasteiger partial charge in [-0.25, -0.2) is 0 Å². The van der Waals surface area contributed by atoms with Gasteiger partial charge in [0.05, 0.1) is 27.7 Å². The monoisotopic (exact) mass is 379 g/mol. The van der Waals surface area contributed by atoms with Crippen molar-refractivity contribution in [2.45, 2.75) is 83.5 Å². The third-order valence-electron chi connectivity index (χ3n) is 4.11. The fraction of sp³-hybridized carbons (Fsp3) is 1.00. The number of likely N-dealkylation sites (N-methyl/N-ethyl adjacent to an activating group) is 1. The molecule has 1 fully saturated rings. The number of rotatable bonds is 12. The molecule has 0 amide bonds. The van der Waals surface area contributed by atoms with E-state index in [9.17, 15) is 0 Å². The summed E-state index contributed by atoms with van der Waals surface area (Å²) < 4.78 is 12.7. The van der Waals surface area contributed by atoms with Gasteiger partial charge in [-0.15, -0.1) is 0 Å². The molecule has 0 aliphatic carbocycles. The zero-order chi connectivity index (χ0) is 15.6. The van der Waals surface area contributed by atoms with Crippen LogP contribution in [-0.2, 0) is 9.47 Å². The molecule has 0 aromatic rings. The summed E-state index contributed by atoms with van der Waals surface area (Å²) in [7, 11) is 6.62. The molecule has 3 nitrogen and oxygen atoms in total. The highest BCUT2D eigenvalue weighted by Gasteiger charge is 2.29. The molecule has 22 heavy (non-hydrogen) atoms. The summed E-state index contributed by atoms with van der Waals surface area (Å²) in [4.78, 5) is 0. The molecule has 2 atom stereocenters. The molecule has 0 N–H and O–H groups in total. The van der Waals surface area contributed by atoms with Crippen molar-refractivity contribution < 1.29 is 30.9 Å². The fourth-order valence-corrected chi connectivity index (χ4v) is 2.99. The first-order valence-electron chi connectivity index (χ1n) is 9.09. The first-order valence-corrected chi connectivity index (χ1v) is 9.09. The molecule has 0 bridgehead atoms. The minimum atomic E-state index is 0. The van der Waals surface area contributed by atoms with E-state index < -0.39 is 0 Å². The van der Waals surface area contributed by atoms with E-state index in [1.165, 1.54) is 57.8 Å². The highest BCUT2D eigenvalue weighted by molar-refractivity contribution is 4.65. The SMILES string of the molecule is CCCCCCCCCCCC1OCC(C[N+](C)(C)C)O1.[Br-]. The molecule has 1 saturated heterocycles. The van der Waals surface area contributed by atoms with Crippen LogP contribution in [0.4, 0.5) is 0 Å². The van der Waals surface area contributed by atoms with Gasteiger partial charge in [0.15, 0.2) is 6.29 Å². The van der Waals surface area contributed by atoms with E-state index in [2.05, 4.69) is 28.1 Å². The number of ether oxygens (including phenoxy) is 2. The highest BCUT2D eigenvalue weighted by atomic mass is 79.9. The molecule has 1 aliphatic rings. The van der Waals surface area contributed by atoms with E-state index in [4.69, 9.17) is 9.47 Å². The molecule has 1 heterocycles. The summed E-state index contributed by atoms with van der Waals surface area (Å²) in [5, 5.41) is 0. The lowest BCUT2D eigenvalue weighted by molar-refractivity contribution is -0.873. The number of hydrogen-bond donors (Lipinski definition) is 0. The van der Waals surface area contributed by atoms with Gasteiger partial charge in [0.25, 0.3) is 0 Å². The van der Waals surface area contributed by atoms with Crippen LogP contribution in [0.15, 0.2) is 0 Å². The standard InChI is InChI=1S/C18H38NO2.BrH/c1-5-6-7-8-9-10-11-12-13-14-18-20-16-17(21-18)15-19(2,3)4;/h17-18H,5-16H2,1-4H3;1H/q+1;/p-1. The smallest absolute Gasteiger partial charge is 0.158 e. The molecule has 0 spiro atoms. The highest BCUT2D eigenvalue weighted by Crippen LogP contribution is 2.19. The lowest BCUT2D eigenvalue weighted by Gasteiger charge is -2.26. The number of nitrogens with zero attached hydrogens (tertiary/aromatic N) is 1. The summed E-state index contributed by atoms with van der Waals surface area (Å²) in [6.07, 6.45) is 13.8. The Morgan fingerprint density at radius 2 is 1.41 bits per heavy atom. The maximum absolute atomic E-state index is 5.97. The van der Waals surface area contributed by atoms with Crippen molar-refractivity contribution in [1.29, 1.82) is 0 Å². The van der Waals surface area contributed by atoms with E-state index in [-0.39, 0.29) is 29.4 Å². The van der Waals surface area contributed by atoms with Gasteiger partial charge in [-0.05, 0) is 12.8 Å². The maximum atomic E-state index is 5.97. The van der Waals surface area contributed by atoms with Crippen LogP contribution in [0.3, 0.4) is 0 Å². The lowest BCUT2D eigenvalue weighted by Crippen LogP contribution is -3.00. The topological polar surface area (TPSA) is 18.5 Å². The Balaban J connectivity index is 0.00000441. The molecule has 1 rings (SSSR count). The van der Waals surface area contributed by atoms with Gasteiger partial charge < -0.3 is 30.9 Å². The quantitative estimate of drug-likeness (QED) is 0.376. The minimum Gasteiger partial charge on any atom is -1.00 e. The first-order chi connectivity index (χ1) is 10.0. The van der Waals surface area contributed by atoms with Crippen LogP contribution in [-0.4, -0.2) is 51.2 Å². The summed E-state index contributed by atoms with van der Waals surface area (Å²) in [5.41, 5.74) is 0. The van der Waals surface area contributed by atoms with E-state index in [0.29, 0.717) is 0 Å². The molecule has 1 aliphatic heterocycles. The van der Waals surface area contributed by atoms with Crippen molar-refractivity contribution in [3.63, 3.8) is 0 Å². The van der Waals surface area contributed by atoms with Crippen molar-refractivity contribution in [1.82, 2.24) is 0 Å². The van der Waals surface area contributed by atoms with Gasteiger partial charge in [0.1, 0.15) is 12.6 Å². The Hall–Kier alpha value is 0.360. The van der Waals surface area contributed by atoms with Gasteiger partial charge in [-0.1, -0.05) is 58.3 Å². The molecule has 0 radical (unpaired) electrons. The molecule has 4 heteroatoms. The molecule has 0 aromatic carbocycles. The molecular formula is C18H38BrNO2. The molecule has 134 valence electrons. The van der Waals surface area contributed by atoms with Gasteiger partial charge in [-0.3, -0.25) is 0 Å². The summed E-state index contributed by atoms with van der Waals surface area (Å²) in [5.74, 6) is 0.